The number of fused-ring (bicyclic) bond motifs is 6. The van der Waals surface area contributed by atoms with Gasteiger partial charge in [-0.25, -0.2) is 0 Å². The molecule has 58 heavy (non-hydrogen) atoms. The molecule has 4 heteroatoms. The minimum atomic E-state index is 0.824. The Morgan fingerprint density at radius 1 is 0.328 bits per heavy atom. The number of benzene rings is 9. The first-order chi connectivity index (χ1) is 28.8. The lowest BCUT2D eigenvalue weighted by Crippen LogP contribution is -2.13. The highest BCUT2D eigenvalue weighted by Gasteiger charge is 2.25. The molecule has 0 N–H and O–H groups in total. The summed E-state index contributed by atoms with van der Waals surface area (Å²) in [7, 11) is 0. The highest BCUT2D eigenvalue weighted by molar-refractivity contribution is 7.26. The molecular formula is C54H36N2OS. The fourth-order valence-corrected chi connectivity index (χ4v) is 9.54. The standard InChI is InChI=1S/C54H36N2OS/c1-4-15-37(16-5-1)39-27-31-42(32-28-39)55(43-33-29-40(30-34-43)38-17-6-2-7-18-38)49-35-44(36-51-53(49)47-22-10-12-25-50(47)57-51)56(41-19-8-3-9-20-41)48-24-14-23-46-45-21-11-13-26-52(45)58-54(46)48/h1-36H. The first-order valence-electron chi connectivity index (χ1n) is 19.6. The monoisotopic (exact) mass is 760 g/mol. The van der Waals surface area contributed by atoms with Crippen molar-refractivity contribution in [2.75, 3.05) is 9.80 Å². The van der Waals surface area contributed by atoms with Crippen LogP contribution in [0.1, 0.15) is 0 Å². The fourth-order valence-electron chi connectivity index (χ4n) is 8.33. The molecular weight excluding hydrogens is 725 g/mol. The van der Waals surface area contributed by atoms with E-state index in [0.29, 0.717) is 0 Å². The molecule has 0 saturated carbocycles. The van der Waals surface area contributed by atoms with E-state index in [1.807, 2.05) is 17.4 Å². The van der Waals surface area contributed by atoms with E-state index >= 15 is 0 Å². The van der Waals surface area contributed by atoms with Gasteiger partial charge in [-0.15, -0.1) is 11.3 Å². The minimum Gasteiger partial charge on any atom is -0.456 e. The average Bonchev–Trinajstić information content (AvgIpc) is 3.87. The van der Waals surface area contributed by atoms with Gasteiger partial charge in [0, 0.05) is 44.0 Å². The van der Waals surface area contributed by atoms with Crippen molar-refractivity contribution in [3.05, 3.63) is 218 Å². The van der Waals surface area contributed by atoms with Crippen LogP contribution in [0.15, 0.2) is 223 Å². The summed E-state index contributed by atoms with van der Waals surface area (Å²) in [6, 6.07) is 78.0. The second-order valence-corrected chi connectivity index (χ2v) is 15.6. The van der Waals surface area contributed by atoms with Gasteiger partial charge in [-0.2, -0.15) is 0 Å². The van der Waals surface area contributed by atoms with Crippen molar-refractivity contribution in [1.82, 2.24) is 0 Å². The van der Waals surface area contributed by atoms with Crippen molar-refractivity contribution in [2.45, 2.75) is 0 Å². The minimum absolute atomic E-state index is 0.824. The lowest BCUT2D eigenvalue weighted by molar-refractivity contribution is 0.669. The summed E-state index contributed by atoms with van der Waals surface area (Å²) < 4.78 is 9.33. The Balaban J connectivity index is 1.18. The first kappa shape index (κ1) is 33.9. The van der Waals surface area contributed by atoms with Crippen molar-refractivity contribution < 1.29 is 4.42 Å². The number of hydrogen-bond donors (Lipinski definition) is 0. The van der Waals surface area contributed by atoms with Gasteiger partial charge in [-0.3, -0.25) is 0 Å². The van der Waals surface area contributed by atoms with Crippen molar-refractivity contribution >= 4 is 87.6 Å². The lowest BCUT2D eigenvalue weighted by Gasteiger charge is -2.30. The third-order valence-electron chi connectivity index (χ3n) is 11.0. The third-order valence-corrected chi connectivity index (χ3v) is 12.3. The van der Waals surface area contributed by atoms with Crippen LogP contribution in [0.25, 0.3) is 64.4 Å². The number of para-hydroxylation sites is 2. The number of furan rings is 1. The molecule has 0 saturated heterocycles. The van der Waals surface area contributed by atoms with Crippen LogP contribution in [0.3, 0.4) is 0 Å². The third kappa shape index (κ3) is 5.90. The summed E-state index contributed by atoms with van der Waals surface area (Å²) in [5.74, 6) is 0. The van der Waals surface area contributed by atoms with Crippen molar-refractivity contribution in [3.63, 3.8) is 0 Å². The molecule has 0 atom stereocenters. The van der Waals surface area contributed by atoms with E-state index in [4.69, 9.17) is 4.42 Å². The SMILES string of the molecule is c1ccc(-c2ccc(N(c3ccc(-c4ccccc4)cc3)c3cc(N(c4ccccc4)c4cccc5c4sc4ccccc45)cc4oc5ccccc5c34)cc2)cc1. The predicted molar refractivity (Wildman–Crippen MR) is 247 cm³/mol. The maximum Gasteiger partial charge on any atom is 0.139 e. The normalized spacial score (nSPS) is 11.4. The van der Waals surface area contributed by atoms with Crippen LogP contribution < -0.4 is 9.80 Å². The number of thiophene rings is 1. The Morgan fingerprint density at radius 2 is 0.828 bits per heavy atom. The van der Waals surface area contributed by atoms with Crippen molar-refractivity contribution in [2.24, 2.45) is 0 Å². The quantitative estimate of drug-likeness (QED) is 0.154. The van der Waals surface area contributed by atoms with Gasteiger partial charge in [0.1, 0.15) is 11.2 Å². The summed E-state index contributed by atoms with van der Waals surface area (Å²) >= 11 is 1.84. The Labute approximate surface area is 340 Å². The zero-order chi connectivity index (χ0) is 38.4. The highest BCUT2D eigenvalue weighted by atomic mass is 32.1. The zero-order valence-corrected chi connectivity index (χ0v) is 32.3. The van der Waals surface area contributed by atoms with Crippen LogP contribution >= 0.6 is 11.3 Å². The second kappa shape index (κ2) is 14.3. The Kier molecular flexibility index (Phi) is 8.34. The number of hydrogen-bond acceptors (Lipinski definition) is 4. The van der Waals surface area contributed by atoms with Crippen molar-refractivity contribution in [1.29, 1.82) is 0 Å². The number of nitrogens with zero attached hydrogens (tertiary/aromatic N) is 2. The number of anilines is 6. The van der Waals surface area contributed by atoms with Gasteiger partial charge >= 0.3 is 0 Å². The molecule has 2 heterocycles. The molecule has 0 amide bonds. The Morgan fingerprint density at radius 3 is 1.48 bits per heavy atom. The van der Waals surface area contributed by atoms with E-state index in [-0.39, 0.29) is 0 Å². The lowest BCUT2D eigenvalue weighted by atomic mass is 10.0. The van der Waals surface area contributed by atoms with Crippen molar-refractivity contribution in [3.8, 4) is 22.3 Å². The molecule has 0 bridgehead atoms. The van der Waals surface area contributed by atoms with Gasteiger partial charge in [0.05, 0.1) is 27.1 Å². The Hall–Kier alpha value is -7.40. The van der Waals surface area contributed by atoms with Crippen LogP contribution in [0.2, 0.25) is 0 Å². The molecule has 2 aromatic heterocycles. The topological polar surface area (TPSA) is 19.6 Å². The van der Waals surface area contributed by atoms with E-state index in [1.165, 1.54) is 42.4 Å². The van der Waals surface area contributed by atoms with Crippen LogP contribution in [0.4, 0.5) is 34.1 Å². The summed E-state index contributed by atoms with van der Waals surface area (Å²) in [6.07, 6.45) is 0. The van der Waals surface area contributed by atoms with E-state index < -0.39 is 0 Å². The molecule has 0 aliphatic rings. The smallest absolute Gasteiger partial charge is 0.139 e. The molecule has 0 aliphatic carbocycles. The molecule has 0 radical (unpaired) electrons. The van der Waals surface area contributed by atoms with Gasteiger partial charge in [-0.1, -0.05) is 152 Å². The maximum absolute atomic E-state index is 6.82. The summed E-state index contributed by atoms with van der Waals surface area (Å²) in [5.41, 5.74) is 12.7. The second-order valence-electron chi connectivity index (χ2n) is 14.5. The fraction of sp³-hybridized carbons (Fsp3) is 0. The molecule has 0 fully saturated rings. The predicted octanol–water partition coefficient (Wildman–Crippen LogP) is 16.2. The highest BCUT2D eigenvalue weighted by Crippen LogP contribution is 2.50. The van der Waals surface area contributed by atoms with E-state index in [1.54, 1.807) is 0 Å². The summed E-state index contributed by atoms with van der Waals surface area (Å²) in [4.78, 5) is 4.78. The molecule has 274 valence electrons. The van der Waals surface area contributed by atoms with Crippen LogP contribution in [0, 0.1) is 0 Å². The molecule has 0 aliphatic heterocycles. The first-order valence-corrected chi connectivity index (χ1v) is 20.4. The van der Waals surface area contributed by atoms with Crippen LogP contribution in [-0.2, 0) is 0 Å². The molecule has 11 rings (SSSR count). The largest absolute Gasteiger partial charge is 0.456 e. The van der Waals surface area contributed by atoms with Crippen LogP contribution in [0.5, 0.6) is 0 Å². The summed E-state index contributed by atoms with van der Waals surface area (Å²) in [5, 5.41) is 4.66. The van der Waals surface area contributed by atoms with Gasteiger partial charge < -0.3 is 14.2 Å². The summed E-state index contributed by atoms with van der Waals surface area (Å²) in [6.45, 7) is 0. The van der Waals surface area contributed by atoms with Gasteiger partial charge in [0.2, 0.25) is 0 Å². The van der Waals surface area contributed by atoms with E-state index in [0.717, 1.165) is 56.1 Å². The number of rotatable bonds is 8. The maximum atomic E-state index is 6.82. The molecule has 3 nitrogen and oxygen atoms in total. The Bertz CT molecular complexity index is 3120. The van der Waals surface area contributed by atoms with E-state index in [9.17, 15) is 0 Å². The zero-order valence-electron chi connectivity index (χ0n) is 31.5. The van der Waals surface area contributed by atoms with Gasteiger partial charge in [-0.05, 0) is 82.9 Å². The average molecular weight is 761 g/mol. The molecule has 9 aromatic carbocycles. The van der Waals surface area contributed by atoms with Crippen LogP contribution in [-0.4, -0.2) is 0 Å². The van der Waals surface area contributed by atoms with Gasteiger partial charge in [0.15, 0.2) is 0 Å². The molecule has 0 spiro atoms. The van der Waals surface area contributed by atoms with E-state index in [2.05, 4.69) is 222 Å². The molecule has 0 unspecified atom stereocenters. The van der Waals surface area contributed by atoms with Gasteiger partial charge in [0.25, 0.3) is 0 Å². The molecule has 11 aromatic rings.